The topological polar surface area (TPSA) is 47.9 Å². The molecule has 0 radical (unpaired) electrons. The summed E-state index contributed by atoms with van der Waals surface area (Å²) < 4.78 is 10.6. The first kappa shape index (κ1) is 7.83. The van der Waals surface area contributed by atoms with E-state index in [1.54, 1.807) is 18.2 Å². The van der Waals surface area contributed by atoms with Gasteiger partial charge < -0.3 is 9.47 Å². The number of nitrogens with zero attached hydrogens (tertiary/aromatic N) is 1. The zero-order valence-corrected chi connectivity index (χ0v) is 6.82. The summed E-state index contributed by atoms with van der Waals surface area (Å²) >= 11 is 0. The van der Waals surface area contributed by atoms with Crippen LogP contribution in [0.4, 0.5) is 5.69 Å². The Kier molecular flexibility index (Phi) is 1.98. The first-order chi connectivity index (χ1) is 6.42. The summed E-state index contributed by atoms with van der Waals surface area (Å²) in [6.45, 7) is 1.01. The molecule has 0 bridgehead atoms. The maximum atomic E-state index is 10.1. The van der Waals surface area contributed by atoms with Gasteiger partial charge in [0.05, 0.1) is 0 Å². The van der Waals surface area contributed by atoms with Crippen LogP contribution in [-0.4, -0.2) is 19.3 Å². The predicted octanol–water partition coefficient (Wildman–Crippen LogP) is 1.43. The van der Waals surface area contributed by atoms with Gasteiger partial charge in [-0.25, -0.2) is 4.79 Å². The van der Waals surface area contributed by atoms with Crippen molar-refractivity contribution in [1.29, 1.82) is 0 Å². The van der Waals surface area contributed by atoms with Gasteiger partial charge in [-0.05, 0) is 12.1 Å². The Morgan fingerprint density at radius 3 is 3.00 bits per heavy atom. The largest absolute Gasteiger partial charge is 0.486 e. The van der Waals surface area contributed by atoms with E-state index in [4.69, 9.17) is 9.47 Å². The summed E-state index contributed by atoms with van der Waals surface area (Å²) in [7, 11) is 0. The van der Waals surface area contributed by atoms with Gasteiger partial charge in [0.2, 0.25) is 6.08 Å². The van der Waals surface area contributed by atoms with E-state index in [1.165, 1.54) is 6.08 Å². The Morgan fingerprint density at radius 2 is 2.15 bits per heavy atom. The molecular formula is C9H7NO3. The number of rotatable bonds is 1. The van der Waals surface area contributed by atoms with Crippen LogP contribution in [0.3, 0.4) is 0 Å². The van der Waals surface area contributed by atoms with Gasteiger partial charge in [0.15, 0.2) is 11.5 Å². The molecule has 0 unspecified atom stereocenters. The van der Waals surface area contributed by atoms with E-state index in [-0.39, 0.29) is 0 Å². The molecular weight excluding hydrogens is 170 g/mol. The van der Waals surface area contributed by atoms with Crippen molar-refractivity contribution in [2.24, 2.45) is 4.99 Å². The molecule has 1 aromatic rings. The third-order valence-electron chi connectivity index (χ3n) is 1.71. The summed E-state index contributed by atoms with van der Waals surface area (Å²) in [4.78, 5) is 13.6. The molecule has 0 saturated heterocycles. The van der Waals surface area contributed by atoms with Gasteiger partial charge in [-0.1, -0.05) is 6.07 Å². The van der Waals surface area contributed by atoms with Crippen LogP contribution in [0.2, 0.25) is 0 Å². The fourth-order valence-electron chi connectivity index (χ4n) is 1.20. The van der Waals surface area contributed by atoms with E-state index in [0.29, 0.717) is 30.4 Å². The van der Waals surface area contributed by atoms with Crippen molar-refractivity contribution < 1.29 is 14.3 Å². The molecule has 4 nitrogen and oxygen atoms in total. The molecule has 66 valence electrons. The van der Waals surface area contributed by atoms with Gasteiger partial charge in [-0.15, -0.1) is 0 Å². The lowest BCUT2D eigenvalue weighted by molar-refractivity contribution is 0.172. The minimum absolute atomic E-state index is 0.465. The predicted molar refractivity (Wildman–Crippen MR) is 45.2 cm³/mol. The Hall–Kier alpha value is -1.80. The van der Waals surface area contributed by atoms with Crippen LogP contribution < -0.4 is 9.47 Å². The van der Waals surface area contributed by atoms with Gasteiger partial charge in [-0.2, -0.15) is 4.99 Å². The highest BCUT2D eigenvalue weighted by atomic mass is 16.6. The van der Waals surface area contributed by atoms with Gasteiger partial charge in [0.25, 0.3) is 0 Å². The maximum Gasteiger partial charge on any atom is 0.240 e. The highest BCUT2D eigenvalue weighted by Gasteiger charge is 2.14. The first-order valence-corrected chi connectivity index (χ1v) is 3.88. The zero-order valence-electron chi connectivity index (χ0n) is 6.82. The summed E-state index contributed by atoms with van der Waals surface area (Å²) in [5, 5.41) is 0. The van der Waals surface area contributed by atoms with Crippen LogP contribution >= 0.6 is 0 Å². The van der Waals surface area contributed by atoms with Gasteiger partial charge >= 0.3 is 0 Å². The van der Waals surface area contributed by atoms with E-state index < -0.39 is 0 Å². The molecule has 0 aliphatic carbocycles. The number of ether oxygens (including phenoxy) is 2. The van der Waals surface area contributed by atoms with Gasteiger partial charge in [0, 0.05) is 0 Å². The van der Waals surface area contributed by atoms with Crippen molar-refractivity contribution in [2.45, 2.75) is 0 Å². The average molecular weight is 177 g/mol. The molecule has 0 atom stereocenters. The summed E-state index contributed by atoms with van der Waals surface area (Å²) in [5.74, 6) is 1.15. The second kappa shape index (κ2) is 3.29. The molecule has 0 aromatic heterocycles. The van der Waals surface area contributed by atoms with E-state index in [0.717, 1.165) is 0 Å². The molecule has 1 aromatic carbocycles. The third kappa shape index (κ3) is 1.39. The minimum Gasteiger partial charge on any atom is -0.486 e. The second-order valence-electron chi connectivity index (χ2n) is 2.50. The molecule has 13 heavy (non-hydrogen) atoms. The molecule has 0 fully saturated rings. The van der Waals surface area contributed by atoms with Crippen LogP contribution in [0, 0.1) is 0 Å². The summed E-state index contributed by atoms with van der Waals surface area (Å²) in [6.07, 6.45) is 1.47. The van der Waals surface area contributed by atoms with Gasteiger partial charge in [-0.3, -0.25) is 0 Å². The number of isocyanates is 1. The summed E-state index contributed by atoms with van der Waals surface area (Å²) in [6, 6.07) is 5.21. The van der Waals surface area contributed by atoms with Crippen molar-refractivity contribution in [3.63, 3.8) is 0 Å². The van der Waals surface area contributed by atoms with Crippen LogP contribution in [0.15, 0.2) is 23.2 Å². The van der Waals surface area contributed by atoms with E-state index in [9.17, 15) is 4.79 Å². The average Bonchev–Trinajstić information content (AvgIpc) is 2.19. The SMILES string of the molecule is O=C=Nc1cccc2c1OCCO2. The third-order valence-corrected chi connectivity index (χ3v) is 1.71. The minimum atomic E-state index is 0.465. The fourth-order valence-corrected chi connectivity index (χ4v) is 1.20. The number of carbonyl (C=O) groups excluding carboxylic acids is 1. The van der Waals surface area contributed by atoms with Crippen LogP contribution in [-0.2, 0) is 4.79 Å². The lowest BCUT2D eigenvalue weighted by Crippen LogP contribution is -2.15. The molecule has 1 heterocycles. The van der Waals surface area contributed by atoms with Crippen molar-refractivity contribution in [2.75, 3.05) is 13.2 Å². The Balaban J connectivity index is 2.51. The Labute approximate surface area is 74.8 Å². The van der Waals surface area contributed by atoms with E-state index >= 15 is 0 Å². The van der Waals surface area contributed by atoms with Crippen LogP contribution in [0.1, 0.15) is 0 Å². The Morgan fingerprint density at radius 1 is 1.31 bits per heavy atom. The molecule has 0 spiro atoms. The highest BCUT2D eigenvalue weighted by Crippen LogP contribution is 2.38. The summed E-state index contributed by atoms with van der Waals surface area (Å²) in [5.41, 5.74) is 0.465. The number of hydrogen-bond acceptors (Lipinski definition) is 4. The van der Waals surface area contributed by atoms with E-state index in [2.05, 4.69) is 4.99 Å². The first-order valence-electron chi connectivity index (χ1n) is 3.88. The molecule has 4 heteroatoms. The van der Waals surface area contributed by atoms with Crippen molar-refractivity contribution in [1.82, 2.24) is 0 Å². The highest BCUT2D eigenvalue weighted by molar-refractivity contribution is 5.63. The monoisotopic (exact) mass is 177 g/mol. The lowest BCUT2D eigenvalue weighted by Gasteiger charge is -2.18. The Bertz CT molecular complexity index is 369. The molecule has 0 amide bonds. The molecule has 0 N–H and O–H groups in total. The zero-order chi connectivity index (χ0) is 9.10. The molecule has 0 saturated carbocycles. The number of fused-ring (bicyclic) bond motifs is 1. The normalized spacial score (nSPS) is 13.2. The molecule has 1 aliphatic rings. The van der Waals surface area contributed by atoms with Gasteiger partial charge in [0.1, 0.15) is 18.9 Å². The molecule has 1 aliphatic heterocycles. The smallest absolute Gasteiger partial charge is 0.240 e. The lowest BCUT2D eigenvalue weighted by atomic mass is 10.2. The second-order valence-corrected chi connectivity index (χ2v) is 2.50. The van der Waals surface area contributed by atoms with Crippen LogP contribution in [0.25, 0.3) is 0 Å². The maximum absolute atomic E-state index is 10.1. The van der Waals surface area contributed by atoms with E-state index in [1.807, 2.05) is 0 Å². The van der Waals surface area contributed by atoms with Crippen molar-refractivity contribution in [3.8, 4) is 11.5 Å². The number of para-hydroxylation sites is 1. The van der Waals surface area contributed by atoms with Crippen molar-refractivity contribution >= 4 is 11.8 Å². The number of aliphatic imine (C=N–C) groups is 1. The van der Waals surface area contributed by atoms with Crippen LogP contribution in [0.5, 0.6) is 11.5 Å². The fraction of sp³-hybridized carbons (Fsp3) is 0.222. The van der Waals surface area contributed by atoms with Crippen molar-refractivity contribution in [3.05, 3.63) is 18.2 Å². The number of hydrogen-bond donors (Lipinski definition) is 0. The standard InChI is InChI=1S/C9H7NO3/c11-6-10-7-2-1-3-8-9(7)13-5-4-12-8/h1-3H,4-5H2. The molecule has 2 rings (SSSR count). The number of benzene rings is 1. The quantitative estimate of drug-likeness (QED) is 0.481.